The number of rotatable bonds is 11. The molecule has 12 N–H and O–H groups in total. The average molecular weight is 1590 g/mol. The number of carbonyl (C=O) groups excluding carboxylic acids is 3. The third kappa shape index (κ3) is 34.4. The van der Waals surface area contributed by atoms with Crippen LogP contribution in [0.25, 0.3) is 11.1 Å². The molecule has 0 aromatic carbocycles. The van der Waals surface area contributed by atoms with Crippen molar-refractivity contribution in [2.45, 2.75) is 58.5 Å². The number of nitrogens with one attached hydrogen (secondary N) is 2. The third-order valence-electron chi connectivity index (χ3n) is 10.8. The van der Waals surface area contributed by atoms with Crippen LogP contribution in [0, 0.1) is 0 Å². The fourth-order valence-corrected chi connectivity index (χ4v) is 8.81. The van der Waals surface area contributed by atoms with Gasteiger partial charge in [0.05, 0.1) is 52.8 Å². The number of carbonyl (C=O) groups is 3. The van der Waals surface area contributed by atoms with Crippen molar-refractivity contribution in [3.63, 3.8) is 0 Å². The summed E-state index contributed by atoms with van der Waals surface area (Å²) in [4.78, 5) is 57.0. The van der Waals surface area contributed by atoms with Crippen LogP contribution >= 0.6 is 58.5 Å². The Morgan fingerprint density at radius 3 is 1.43 bits per heavy atom. The van der Waals surface area contributed by atoms with E-state index in [0.29, 0.717) is 44.4 Å². The van der Waals surface area contributed by atoms with Gasteiger partial charge in [0, 0.05) is 107 Å². The van der Waals surface area contributed by atoms with Gasteiger partial charge < -0.3 is 60.2 Å². The molecule has 1 saturated heterocycles. The van der Waals surface area contributed by atoms with Crippen molar-refractivity contribution in [2.24, 2.45) is 0 Å². The van der Waals surface area contributed by atoms with Gasteiger partial charge in [-0.1, -0.05) is 0 Å². The summed E-state index contributed by atoms with van der Waals surface area (Å²) < 4.78 is 103. The average Bonchev–Trinajstić information content (AvgIpc) is 1.68. The van der Waals surface area contributed by atoms with Crippen LogP contribution in [0.3, 0.4) is 0 Å². The number of amides is 2. The number of nitrogens with two attached hydrogens (primary N) is 5. The predicted octanol–water partition coefficient (Wildman–Crippen LogP) is -2.04. The maximum atomic E-state index is 11.7. The van der Waals surface area contributed by atoms with Gasteiger partial charge in [0.1, 0.15) is 34.9 Å². The van der Waals surface area contributed by atoms with Gasteiger partial charge in [0.15, 0.2) is 9.84 Å². The number of hydrogen-bond acceptors (Lipinski definition) is 26. The van der Waals surface area contributed by atoms with E-state index < -0.39 is 46.1 Å². The van der Waals surface area contributed by atoms with E-state index in [9.17, 15) is 43.3 Å². The van der Waals surface area contributed by atoms with Gasteiger partial charge in [-0.2, -0.15) is 0 Å². The van der Waals surface area contributed by atoms with Crippen molar-refractivity contribution in [3.8, 4) is 11.1 Å². The molecule has 1 aliphatic rings. The molecule has 1 aliphatic heterocycles. The molecule has 6 aromatic rings. The van der Waals surface area contributed by atoms with E-state index in [1.165, 1.54) is 52.7 Å². The summed E-state index contributed by atoms with van der Waals surface area (Å²) in [5, 5.41) is 13.7. The molecule has 1 fully saturated rings. The molecule has 6 aromatic heterocycles. The zero-order valence-corrected chi connectivity index (χ0v) is 65.7. The van der Waals surface area contributed by atoms with Crippen molar-refractivity contribution >= 4 is 180 Å². The van der Waals surface area contributed by atoms with Gasteiger partial charge >= 0.3 is 110 Å². The Morgan fingerprint density at radius 1 is 0.640 bits per heavy atom. The molecule has 2 amide bonds. The zero-order valence-electron chi connectivity index (χ0n) is 51.7. The summed E-state index contributed by atoms with van der Waals surface area (Å²) in [6.45, 7) is 10.7. The minimum Gasteiger partial charge on any atom is -1.00 e. The molecular weight excluding hydrogens is 1520 g/mol. The second-order valence-electron chi connectivity index (χ2n) is 18.8. The Bertz CT molecular complexity index is 3810. The number of sulfonamides is 2. The Balaban J connectivity index is -0.00000103. The van der Waals surface area contributed by atoms with Crippen LogP contribution in [-0.4, -0.2) is 139 Å². The standard InChI is InChI=1S/C14H17N5O3S.C13H19BN2O3.C7H10BrN3O2S.C7H9BrN2O2S.C5H6BrN3.CH3ClO2S.CH2O3.2K.H/c1-9(20)18-13-7-10(4-5-16-13)11-6-12(14(15)17-8-11)19(2)23(3,21)22;1-9(17)16-11-8-10(6-7-15-11)14-18-12(2,3)13(4,5)19-14;1-11(14(2,12)13)6-3-5(8)4-10-7(6)9;1-13(11,12)4-5-2-6(8)3-10-7(5)9;6-3-1-4(7)5(8)9-2-3;1-5(2,3)4;2-1-4-3;;;/h4-8H,1-3H3,(H2,15,17)(H,16,18,20);6-8H,1-5H3,(H,15,16,17);3-4H,1-2H3,(H2,9,10);2-3H,4H2,1H3,(H2,9,10);1-2H,7H2,(H2,8,9);1H3;1,3H;;;/q;;;;;;;2*+1;-1/p-1. The van der Waals surface area contributed by atoms with Gasteiger partial charge in [-0.25, -0.2) is 63.6 Å². The van der Waals surface area contributed by atoms with Crippen LogP contribution in [0.4, 0.5) is 52.0 Å². The van der Waals surface area contributed by atoms with Gasteiger partial charge in [0.25, 0.3) is 6.47 Å². The number of aromatic nitrogens is 6. The maximum Gasteiger partial charge on any atom is 1.00 e. The second kappa shape index (κ2) is 39.4. The summed E-state index contributed by atoms with van der Waals surface area (Å²) in [6.07, 6.45) is 13.6. The molecule has 0 radical (unpaired) electrons. The molecule has 7 rings (SSSR count). The van der Waals surface area contributed by atoms with E-state index in [-0.39, 0.29) is 163 Å². The molecule has 89 heavy (non-hydrogen) atoms. The number of nitrogen functional groups attached to an aromatic ring is 5. The monoisotopic (exact) mass is 1580 g/mol. The summed E-state index contributed by atoms with van der Waals surface area (Å²) in [5.41, 5.74) is 30.7. The maximum absolute atomic E-state index is 11.7. The first kappa shape index (κ1) is 87.7. The van der Waals surface area contributed by atoms with Crippen LogP contribution < -0.4 is 161 Å². The Hall–Kier alpha value is -3.34. The minimum atomic E-state index is -3.46. The number of halogens is 4. The normalized spacial score (nSPS) is 12.5. The summed E-state index contributed by atoms with van der Waals surface area (Å²) in [6, 6.07) is 13.6. The molecule has 0 atom stereocenters. The fraction of sp³-hybridized carbons (Fsp3) is 0.312. The second-order valence-corrected chi connectivity index (χ2v) is 30.7. The molecule has 0 spiro atoms. The summed E-state index contributed by atoms with van der Waals surface area (Å²) in [7, 11) is -6.12. The fourth-order valence-electron chi connectivity index (χ4n) is 5.96. The van der Waals surface area contributed by atoms with Crippen LogP contribution in [0.2, 0.25) is 0 Å². The number of nitrogens with zero attached hydrogens (tertiary/aromatic N) is 8. The molecule has 0 saturated carbocycles. The third-order valence-corrected chi connectivity index (χ3v) is 15.3. The zero-order chi connectivity index (χ0) is 67.2. The number of anilines is 9. The van der Waals surface area contributed by atoms with Crippen molar-refractivity contribution in [3.05, 3.63) is 105 Å². The van der Waals surface area contributed by atoms with E-state index in [1.54, 1.807) is 54.9 Å². The van der Waals surface area contributed by atoms with Crippen LogP contribution in [0.5, 0.6) is 0 Å². The SMILES string of the molecule is CC(=O)Nc1cc(-c2cnc(N)c(N(C)S(C)(=O)=O)c2)ccn1.CC(=O)Nc1cc(B2OC(C)(C)C(C)(C)O2)ccn1.CN(c1cc(Br)cnc1N)S(C)(=O)=O.CS(=O)(=O)Cc1cc(Br)cnc1N.CS(=O)(=O)Cl.Nc1cc(Br)cnc1N.O=CO[O-].[H-].[K+].[K+]. The number of hydrogen-bond donors (Lipinski definition) is 7. The van der Waals surface area contributed by atoms with Crippen molar-refractivity contribution in [1.29, 1.82) is 0 Å². The Kier molecular flexibility index (Phi) is 38.8. The first-order valence-electron chi connectivity index (χ1n) is 23.9. The van der Waals surface area contributed by atoms with Crippen molar-refractivity contribution in [2.75, 3.05) is 87.0 Å². The van der Waals surface area contributed by atoms with Gasteiger partial charge in [-0.15, -0.1) is 0 Å². The van der Waals surface area contributed by atoms with E-state index in [2.05, 4.69) is 104 Å². The largest absolute Gasteiger partial charge is 1.00 e. The summed E-state index contributed by atoms with van der Waals surface area (Å²) in [5.74, 6) is 1.35. The Morgan fingerprint density at radius 2 is 1.02 bits per heavy atom. The molecule has 0 bridgehead atoms. The molecule has 41 heteroatoms. The first-order chi connectivity index (χ1) is 39.7. The predicted molar refractivity (Wildman–Crippen MR) is 348 cm³/mol. The van der Waals surface area contributed by atoms with E-state index in [1.807, 2.05) is 33.8 Å². The van der Waals surface area contributed by atoms with Crippen LogP contribution in [0.1, 0.15) is 48.5 Å². The molecule has 0 aliphatic carbocycles. The van der Waals surface area contributed by atoms with Crippen molar-refractivity contribution < 1.29 is 172 Å². The smallest absolute Gasteiger partial charge is 1.00 e. The minimum absolute atomic E-state index is 0. The van der Waals surface area contributed by atoms with E-state index >= 15 is 0 Å². The Labute approximate surface area is 634 Å². The van der Waals surface area contributed by atoms with Gasteiger partial charge in [-0.05, 0) is 135 Å². The van der Waals surface area contributed by atoms with E-state index in [4.69, 9.17) is 48.0 Å². The van der Waals surface area contributed by atoms with Gasteiger partial charge in [0.2, 0.25) is 40.9 Å². The van der Waals surface area contributed by atoms with Crippen LogP contribution in [0.15, 0.2) is 99.1 Å². The number of pyridine rings is 6. The topological polar surface area (TPSA) is 476 Å². The first-order valence-corrected chi connectivity index (χ1v) is 34.8. The molecule has 480 valence electrons. The quantitative estimate of drug-likeness (QED) is 0.0242. The molecule has 30 nitrogen and oxygen atoms in total. The van der Waals surface area contributed by atoms with Crippen LogP contribution in [-0.2, 0) is 73.3 Å². The number of sulfone groups is 1. The van der Waals surface area contributed by atoms with Crippen molar-refractivity contribution in [1.82, 2.24) is 29.9 Å². The molecular formula is C48H66BBr3ClK2N15O15S4. The van der Waals surface area contributed by atoms with Gasteiger partial charge in [-0.3, -0.25) is 23.0 Å². The summed E-state index contributed by atoms with van der Waals surface area (Å²) >= 11 is 9.58. The molecule has 0 unspecified atom stereocenters. The molecule has 7 heterocycles. The van der Waals surface area contributed by atoms with E-state index in [0.717, 1.165) is 53.6 Å².